The number of ether oxygens (including phenoxy) is 1. The van der Waals surface area contributed by atoms with E-state index in [1.165, 1.54) is 0 Å². The molecule has 1 rings (SSSR count). The molecule has 0 amide bonds. The minimum absolute atomic E-state index is 0.0230. The monoisotopic (exact) mass is 253 g/mol. The average molecular weight is 253 g/mol. The largest absolute Gasteiger partial charge is 0.391 e. The Hall–Kier alpha value is -0.290. The van der Waals surface area contributed by atoms with Crippen LogP contribution in [0.2, 0.25) is 0 Å². The highest BCUT2D eigenvalue weighted by Crippen LogP contribution is 2.40. The van der Waals surface area contributed by atoms with Crippen molar-refractivity contribution in [3.63, 3.8) is 0 Å². The van der Waals surface area contributed by atoms with Gasteiger partial charge in [-0.25, -0.2) is 0 Å². The molecule has 1 fully saturated rings. The first-order valence-electron chi connectivity index (χ1n) is 6.27. The number of nitrogens with two attached hydrogens (primary N) is 1. The van der Waals surface area contributed by atoms with Crippen molar-refractivity contribution in [2.45, 2.75) is 57.9 Å². The maximum atomic E-state index is 12.6. The molecule has 0 spiro atoms. The summed E-state index contributed by atoms with van der Waals surface area (Å²) in [6.07, 6.45) is -1.87. The van der Waals surface area contributed by atoms with Crippen molar-refractivity contribution in [1.29, 1.82) is 0 Å². The number of alkyl halides is 3. The molecule has 0 aromatic carbocycles. The Morgan fingerprint density at radius 3 is 2.18 bits per heavy atom. The maximum absolute atomic E-state index is 12.6. The Labute approximate surface area is 101 Å². The zero-order valence-electron chi connectivity index (χ0n) is 10.5. The summed E-state index contributed by atoms with van der Waals surface area (Å²) < 4.78 is 43.3. The van der Waals surface area contributed by atoms with Gasteiger partial charge in [-0.15, -0.1) is 0 Å². The van der Waals surface area contributed by atoms with Crippen LogP contribution in [-0.4, -0.2) is 18.5 Å². The third-order valence-corrected chi connectivity index (χ3v) is 3.70. The van der Waals surface area contributed by atoms with Gasteiger partial charge in [0.15, 0.2) is 0 Å². The molecule has 0 aromatic rings. The summed E-state index contributed by atoms with van der Waals surface area (Å²) in [7, 11) is 0. The van der Waals surface area contributed by atoms with E-state index in [0.29, 0.717) is 19.4 Å². The molecule has 1 aliphatic carbocycles. The van der Waals surface area contributed by atoms with Gasteiger partial charge in [0.25, 0.3) is 0 Å². The molecule has 0 aliphatic heterocycles. The molecule has 0 aromatic heterocycles. The topological polar surface area (TPSA) is 35.2 Å². The van der Waals surface area contributed by atoms with Crippen LogP contribution in [0.1, 0.15) is 46.0 Å². The molecule has 0 radical (unpaired) electrons. The van der Waals surface area contributed by atoms with E-state index in [2.05, 4.69) is 0 Å². The predicted molar refractivity (Wildman–Crippen MR) is 60.3 cm³/mol. The molecule has 1 aliphatic rings. The predicted octanol–water partition coefficient (Wildman–Crippen LogP) is 3.46. The van der Waals surface area contributed by atoms with Crippen molar-refractivity contribution in [3.05, 3.63) is 0 Å². The van der Waals surface area contributed by atoms with E-state index in [9.17, 15) is 13.2 Å². The Morgan fingerprint density at radius 2 is 1.65 bits per heavy atom. The van der Waals surface area contributed by atoms with Gasteiger partial charge >= 0.3 is 6.18 Å². The van der Waals surface area contributed by atoms with E-state index in [-0.39, 0.29) is 18.8 Å². The second-order valence-corrected chi connectivity index (χ2v) is 5.06. The fourth-order valence-electron chi connectivity index (χ4n) is 2.63. The summed E-state index contributed by atoms with van der Waals surface area (Å²) in [5.41, 5.74) is 5.23. The van der Waals surface area contributed by atoms with Crippen LogP contribution in [0.15, 0.2) is 0 Å². The van der Waals surface area contributed by atoms with Crippen LogP contribution < -0.4 is 5.73 Å². The molecular formula is C12H22F3NO. The summed E-state index contributed by atoms with van der Waals surface area (Å²) in [6, 6.07) is 0. The number of hydrogen-bond acceptors (Lipinski definition) is 2. The first kappa shape index (κ1) is 14.8. The van der Waals surface area contributed by atoms with Gasteiger partial charge in [0.1, 0.15) is 5.72 Å². The zero-order valence-corrected chi connectivity index (χ0v) is 10.5. The average Bonchev–Trinajstić information content (AvgIpc) is 2.41. The lowest BCUT2D eigenvalue weighted by atomic mass is 9.89. The van der Waals surface area contributed by atoms with Gasteiger partial charge in [0.05, 0.1) is 5.92 Å². The van der Waals surface area contributed by atoms with Crippen molar-refractivity contribution in [3.8, 4) is 0 Å². The van der Waals surface area contributed by atoms with Gasteiger partial charge in [-0.2, -0.15) is 13.2 Å². The maximum Gasteiger partial charge on any atom is 0.391 e. The first-order chi connectivity index (χ1) is 7.77. The molecule has 17 heavy (non-hydrogen) atoms. The van der Waals surface area contributed by atoms with Crippen LogP contribution in [-0.2, 0) is 4.74 Å². The van der Waals surface area contributed by atoms with Crippen molar-refractivity contribution >= 4 is 0 Å². The van der Waals surface area contributed by atoms with E-state index >= 15 is 0 Å². The van der Waals surface area contributed by atoms with Gasteiger partial charge < -0.3 is 10.5 Å². The van der Waals surface area contributed by atoms with Crippen LogP contribution >= 0.6 is 0 Å². The fraction of sp³-hybridized carbons (Fsp3) is 1.00. The Kier molecular flexibility index (Phi) is 4.84. The lowest BCUT2D eigenvalue weighted by Crippen LogP contribution is -2.46. The number of hydrogen-bond donors (Lipinski definition) is 1. The van der Waals surface area contributed by atoms with Crippen LogP contribution in [0, 0.1) is 11.8 Å². The minimum Gasteiger partial charge on any atom is -0.361 e. The molecular weight excluding hydrogens is 231 g/mol. The molecule has 2 nitrogen and oxygen atoms in total. The molecule has 0 saturated heterocycles. The summed E-state index contributed by atoms with van der Waals surface area (Å²) in [5, 5.41) is 0. The minimum atomic E-state index is -4.06. The summed E-state index contributed by atoms with van der Waals surface area (Å²) >= 11 is 0. The van der Waals surface area contributed by atoms with Crippen LogP contribution in [0.25, 0.3) is 0 Å². The SMILES string of the molecule is CCOC(C)(N)C1CCCC(C(F)(F)F)CC1. The van der Waals surface area contributed by atoms with Crippen LogP contribution in [0.4, 0.5) is 13.2 Å². The highest BCUT2D eigenvalue weighted by molar-refractivity contribution is 4.83. The Balaban J connectivity index is 2.59. The standard InChI is InChI=1S/C12H22F3NO/c1-3-17-11(2,16)9-5-4-6-10(8-7-9)12(13,14)15/h9-10H,3-8,16H2,1-2H3. The molecule has 3 unspecified atom stereocenters. The van der Waals surface area contributed by atoms with E-state index in [0.717, 1.165) is 6.42 Å². The van der Waals surface area contributed by atoms with Crippen molar-refractivity contribution in [2.75, 3.05) is 6.61 Å². The number of halogens is 3. The van der Waals surface area contributed by atoms with Gasteiger partial charge in [-0.1, -0.05) is 6.42 Å². The van der Waals surface area contributed by atoms with Gasteiger partial charge in [-0.05, 0) is 39.5 Å². The third-order valence-electron chi connectivity index (χ3n) is 3.70. The Bertz CT molecular complexity index is 240. The van der Waals surface area contributed by atoms with Gasteiger partial charge in [-0.3, -0.25) is 0 Å². The summed E-state index contributed by atoms with van der Waals surface area (Å²) in [6.45, 7) is 4.11. The molecule has 3 atom stereocenters. The number of rotatable bonds is 3. The highest BCUT2D eigenvalue weighted by atomic mass is 19.4. The lowest BCUT2D eigenvalue weighted by molar-refractivity contribution is -0.178. The first-order valence-corrected chi connectivity index (χ1v) is 6.27. The second kappa shape index (κ2) is 5.57. The van der Waals surface area contributed by atoms with Gasteiger partial charge in [0, 0.05) is 12.5 Å². The smallest absolute Gasteiger partial charge is 0.361 e. The van der Waals surface area contributed by atoms with E-state index in [1.54, 1.807) is 6.92 Å². The van der Waals surface area contributed by atoms with E-state index in [1.807, 2.05) is 6.92 Å². The van der Waals surface area contributed by atoms with Crippen molar-refractivity contribution < 1.29 is 17.9 Å². The van der Waals surface area contributed by atoms with E-state index in [4.69, 9.17) is 10.5 Å². The Morgan fingerprint density at radius 1 is 1.12 bits per heavy atom. The second-order valence-electron chi connectivity index (χ2n) is 5.06. The molecule has 0 bridgehead atoms. The van der Waals surface area contributed by atoms with Gasteiger partial charge in [0.2, 0.25) is 0 Å². The zero-order chi connectivity index (χ0) is 13.1. The van der Waals surface area contributed by atoms with Crippen LogP contribution in [0.5, 0.6) is 0 Å². The van der Waals surface area contributed by atoms with Crippen molar-refractivity contribution in [2.24, 2.45) is 17.6 Å². The fourth-order valence-corrected chi connectivity index (χ4v) is 2.63. The highest BCUT2D eigenvalue weighted by Gasteiger charge is 2.42. The van der Waals surface area contributed by atoms with E-state index < -0.39 is 17.8 Å². The normalized spacial score (nSPS) is 30.7. The molecule has 102 valence electrons. The van der Waals surface area contributed by atoms with Crippen molar-refractivity contribution in [1.82, 2.24) is 0 Å². The van der Waals surface area contributed by atoms with Crippen LogP contribution in [0.3, 0.4) is 0 Å². The lowest BCUT2D eigenvalue weighted by Gasteiger charge is -2.33. The summed E-state index contributed by atoms with van der Waals surface area (Å²) in [4.78, 5) is 0. The molecule has 5 heteroatoms. The molecule has 2 N–H and O–H groups in total. The molecule has 0 heterocycles. The summed E-state index contributed by atoms with van der Waals surface area (Å²) in [5.74, 6) is -1.14. The molecule has 1 saturated carbocycles. The quantitative estimate of drug-likeness (QED) is 0.617. The third kappa shape index (κ3) is 4.14.